The highest BCUT2D eigenvalue weighted by molar-refractivity contribution is 9.10. The molecule has 0 heterocycles. The quantitative estimate of drug-likeness (QED) is 0.464. The highest BCUT2D eigenvalue weighted by Crippen LogP contribution is 2.42. The van der Waals surface area contributed by atoms with E-state index in [-0.39, 0.29) is 5.38 Å². The molecule has 0 saturated heterocycles. The second-order valence-corrected chi connectivity index (χ2v) is 7.34. The molecule has 0 aliphatic rings. The lowest BCUT2D eigenvalue weighted by Crippen LogP contribution is -2.03. The zero-order valence-electron chi connectivity index (χ0n) is 11.8. The van der Waals surface area contributed by atoms with Crippen molar-refractivity contribution in [1.29, 1.82) is 0 Å². The molecule has 0 fully saturated rings. The number of aryl methyl sites for hydroxylation is 1. The van der Waals surface area contributed by atoms with Gasteiger partial charge in [-0.3, -0.25) is 0 Å². The summed E-state index contributed by atoms with van der Waals surface area (Å²) in [6.45, 7) is 4.03. The Labute approximate surface area is 151 Å². The Morgan fingerprint density at radius 3 is 2.33 bits per heavy atom. The van der Waals surface area contributed by atoms with Gasteiger partial charge in [0.2, 0.25) is 0 Å². The number of hydrogen-bond acceptors (Lipinski definition) is 1. The van der Waals surface area contributed by atoms with Gasteiger partial charge in [0.1, 0.15) is 5.75 Å². The average Bonchev–Trinajstić information content (AvgIpc) is 2.44. The minimum Gasteiger partial charge on any atom is -0.496 e. The molecule has 5 heteroatoms. The Kier molecular flexibility index (Phi) is 5.64. The Hall–Kier alpha value is -0.220. The lowest BCUT2D eigenvalue weighted by atomic mass is 9.96. The number of halogens is 4. The minimum absolute atomic E-state index is 0.332. The topological polar surface area (TPSA) is 9.23 Å². The summed E-state index contributed by atoms with van der Waals surface area (Å²) in [7, 11) is 1.66. The van der Waals surface area contributed by atoms with E-state index in [9.17, 15) is 0 Å². The van der Waals surface area contributed by atoms with Crippen LogP contribution in [0.3, 0.4) is 0 Å². The van der Waals surface area contributed by atoms with Crippen LogP contribution in [0.25, 0.3) is 0 Å². The van der Waals surface area contributed by atoms with Crippen LogP contribution in [0.2, 0.25) is 5.02 Å². The van der Waals surface area contributed by atoms with Gasteiger partial charge in [0.25, 0.3) is 0 Å². The fourth-order valence-electron chi connectivity index (χ4n) is 2.29. The fourth-order valence-corrected chi connectivity index (χ4v) is 3.68. The number of methoxy groups -OCH3 is 1. The van der Waals surface area contributed by atoms with Crippen LogP contribution in [0.1, 0.15) is 27.6 Å². The maximum absolute atomic E-state index is 6.71. The first-order valence-corrected chi connectivity index (χ1v) is 8.69. The van der Waals surface area contributed by atoms with Crippen LogP contribution in [0.5, 0.6) is 5.75 Å². The zero-order chi connectivity index (χ0) is 15.7. The van der Waals surface area contributed by atoms with E-state index in [4.69, 9.17) is 27.9 Å². The molecule has 1 atom stereocenters. The SMILES string of the molecule is COc1c(C)cc(Br)c(C)c1C(Cl)c1ccc(Br)c(Cl)c1. The summed E-state index contributed by atoms with van der Waals surface area (Å²) in [4.78, 5) is 0. The Morgan fingerprint density at radius 1 is 1.10 bits per heavy atom. The first-order valence-electron chi connectivity index (χ1n) is 6.29. The lowest BCUT2D eigenvalue weighted by Gasteiger charge is -2.20. The van der Waals surface area contributed by atoms with Crippen LogP contribution in [0.15, 0.2) is 33.2 Å². The first-order chi connectivity index (χ1) is 9.86. The van der Waals surface area contributed by atoms with Crippen molar-refractivity contribution in [2.75, 3.05) is 7.11 Å². The van der Waals surface area contributed by atoms with Gasteiger partial charge < -0.3 is 4.74 Å². The van der Waals surface area contributed by atoms with Gasteiger partial charge >= 0.3 is 0 Å². The van der Waals surface area contributed by atoms with E-state index in [1.165, 1.54) is 0 Å². The van der Waals surface area contributed by atoms with Gasteiger partial charge in [0.15, 0.2) is 0 Å². The first kappa shape index (κ1) is 17.1. The van der Waals surface area contributed by atoms with Crippen molar-refractivity contribution < 1.29 is 4.74 Å². The molecular formula is C16H14Br2Cl2O. The van der Waals surface area contributed by atoms with Crippen molar-refractivity contribution in [2.24, 2.45) is 0 Å². The number of alkyl halides is 1. The van der Waals surface area contributed by atoms with Crippen LogP contribution in [-0.4, -0.2) is 7.11 Å². The van der Waals surface area contributed by atoms with E-state index in [1.54, 1.807) is 7.11 Å². The summed E-state index contributed by atoms with van der Waals surface area (Å²) < 4.78 is 7.43. The minimum atomic E-state index is -0.332. The summed E-state index contributed by atoms with van der Waals surface area (Å²) in [6.07, 6.45) is 0. The van der Waals surface area contributed by atoms with Crippen molar-refractivity contribution in [1.82, 2.24) is 0 Å². The molecule has 1 unspecified atom stereocenters. The molecule has 2 rings (SSSR count). The second kappa shape index (κ2) is 6.91. The van der Waals surface area contributed by atoms with Crippen LogP contribution in [0.4, 0.5) is 0 Å². The van der Waals surface area contributed by atoms with Gasteiger partial charge in [-0.1, -0.05) is 33.6 Å². The largest absolute Gasteiger partial charge is 0.496 e. The van der Waals surface area contributed by atoms with Crippen molar-refractivity contribution in [3.05, 3.63) is 60.5 Å². The normalized spacial score (nSPS) is 12.3. The van der Waals surface area contributed by atoms with E-state index < -0.39 is 0 Å². The van der Waals surface area contributed by atoms with Gasteiger partial charge in [-0.05, 0) is 64.7 Å². The molecule has 0 radical (unpaired) electrons. The molecule has 0 N–H and O–H groups in total. The molecule has 2 aromatic carbocycles. The van der Waals surface area contributed by atoms with Gasteiger partial charge in [0.05, 0.1) is 17.5 Å². The average molecular weight is 453 g/mol. The Balaban J connectivity index is 2.62. The van der Waals surface area contributed by atoms with Gasteiger partial charge in [-0.15, -0.1) is 11.6 Å². The fraction of sp³-hybridized carbons (Fsp3) is 0.250. The van der Waals surface area contributed by atoms with E-state index in [1.807, 2.05) is 38.1 Å². The summed E-state index contributed by atoms with van der Waals surface area (Å²) in [5.41, 5.74) is 4.00. The predicted molar refractivity (Wildman–Crippen MR) is 97.0 cm³/mol. The van der Waals surface area contributed by atoms with Crippen LogP contribution in [-0.2, 0) is 0 Å². The third-order valence-electron chi connectivity index (χ3n) is 3.40. The third-order valence-corrected chi connectivity index (χ3v) is 5.93. The summed E-state index contributed by atoms with van der Waals surface area (Å²) in [5, 5.41) is 0.309. The Morgan fingerprint density at radius 2 is 1.76 bits per heavy atom. The van der Waals surface area contributed by atoms with Crippen molar-refractivity contribution >= 4 is 55.1 Å². The van der Waals surface area contributed by atoms with Crippen molar-refractivity contribution in [3.63, 3.8) is 0 Å². The number of hydrogen-bond donors (Lipinski definition) is 0. The zero-order valence-corrected chi connectivity index (χ0v) is 16.5. The van der Waals surface area contributed by atoms with Gasteiger partial charge in [-0.2, -0.15) is 0 Å². The second-order valence-electron chi connectivity index (χ2n) is 4.78. The standard InChI is InChI=1S/C16H14Br2Cl2O/c1-8-6-12(18)9(2)14(16(8)21-3)15(20)10-4-5-11(17)13(19)7-10/h4-7,15H,1-3H3. The molecule has 21 heavy (non-hydrogen) atoms. The molecule has 0 saturated carbocycles. The summed E-state index contributed by atoms with van der Waals surface area (Å²) in [5.74, 6) is 0.815. The monoisotopic (exact) mass is 450 g/mol. The molecule has 0 bridgehead atoms. The maximum Gasteiger partial charge on any atom is 0.127 e. The summed E-state index contributed by atoms with van der Waals surface area (Å²) >= 11 is 19.9. The smallest absolute Gasteiger partial charge is 0.127 e. The van der Waals surface area contributed by atoms with E-state index in [0.717, 1.165) is 36.9 Å². The molecule has 0 spiro atoms. The molecule has 2 aromatic rings. The van der Waals surface area contributed by atoms with Crippen molar-refractivity contribution in [2.45, 2.75) is 19.2 Å². The number of ether oxygens (including phenoxy) is 1. The third kappa shape index (κ3) is 3.42. The number of rotatable bonds is 3. The molecule has 0 aliphatic heterocycles. The van der Waals surface area contributed by atoms with E-state index in [0.29, 0.717) is 5.02 Å². The van der Waals surface area contributed by atoms with E-state index >= 15 is 0 Å². The van der Waals surface area contributed by atoms with E-state index in [2.05, 4.69) is 31.9 Å². The van der Waals surface area contributed by atoms with Crippen LogP contribution in [0, 0.1) is 13.8 Å². The van der Waals surface area contributed by atoms with Gasteiger partial charge in [0, 0.05) is 14.5 Å². The molecule has 0 amide bonds. The van der Waals surface area contributed by atoms with Crippen LogP contribution >= 0.6 is 55.1 Å². The predicted octanol–water partition coefficient (Wildman–Crippen LogP) is 6.82. The lowest BCUT2D eigenvalue weighted by molar-refractivity contribution is 0.406. The van der Waals surface area contributed by atoms with Gasteiger partial charge in [-0.25, -0.2) is 0 Å². The molecule has 1 nitrogen and oxygen atoms in total. The molecule has 0 aromatic heterocycles. The molecular weight excluding hydrogens is 439 g/mol. The van der Waals surface area contributed by atoms with Crippen LogP contribution < -0.4 is 4.74 Å². The molecule has 0 aliphatic carbocycles. The molecule has 112 valence electrons. The summed E-state index contributed by atoms with van der Waals surface area (Å²) in [6, 6.07) is 7.77. The highest BCUT2D eigenvalue weighted by atomic mass is 79.9. The van der Waals surface area contributed by atoms with Crippen molar-refractivity contribution in [3.8, 4) is 5.75 Å². The number of benzene rings is 2. The highest BCUT2D eigenvalue weighted by Gasteiger charge is 2.22. The Bertz CT molecular complexity index is 686. The maximum atomic E-state index is 6.71.